The molecule has 246 valence electrons. The molecule has 4 aromatic rings. The summed E-state index contributed by atoms with van der Waals surface area (Å²) in [7, 11) is 0. The summed E-state index contributed by atoms with van der Waals surface area (Å²) in [6.07, 6.45) is 4.89. The lowest BCUT2D eigenvalue weighted by molar-refractivity contribution is 0.286. The lowest BCUT2D eigenvalue weighted by atomic mass is 9.75. The van der Waals surface area contributed by atoms with E-state index < -0.39 is 0 Å². The largest absolute Gasteiger partial charge is 0.473 e. The van der Waals surface area contributed by atoms with Gasteiger partial charge in [-0.2, -0.15) is 0 Å². The Bertz CT molecular complexity index is 1720. The summed E-state index contributed by atoms with van der Waals surface area (Å²) >= 11 is 0. The van der Waals surface area contributed by atoms with Crippen LogP contribution in [0, 0.1) is 6.92 Å². The molecule has 47 heavy (non-hydrogen) atoms. The number of ether oxygens (including phenoxy) is 2. The van der Waals surface area contributed by atoms with Gasteiger partial charge in [0.25, 0.3) is 0 Å². The molecule has 1 fully saturated rings. The van der Waals surface area contributed by atoms with Gasteiger partial charge in [0, 0.05) is 35.6 Å². The first-order valence-electron chi connectivity index (χ1n) is 17.7. The topological polar surface area (TPSA) is 24.9 Å². The van der Waals surface area contributed by atoms with Gasteiger partial charge in [0.2, 0.25) is 0 Å². The lowest BCUT2D eigenvalue weighted by Gasteiger charge is -2.34. The van der Waals surface area contributed by atoms with Crippen molar-refractivity contribution in [3.05, 3.63) is 118 Å². The zero-order chi connectivity index (χ0) is 32.9. The second-order valence-electron chi connectivity index (χ2n) is 16.3. The van der Waals surface area contributed by atoms with E-state index in [4.69, 9.17) is 9.47 Å². The fourth-order valence-electron chi connectivity index (χ4n) is 7.78. The predicted octanol–water partition coefficient (Wildman–Crippen LogP) is 10.7. The average Bonchev–Trinajstić information content (AvgIpc) is 3.07. The molecule has 3 aliphatic rings. The average molecular weight is 629 g/mol. The second kappa shape index (κ2) is 12.3. The SMILES string of the molecule is Cc1cc(C2CCC(c3ccc4c(c3)CN(c3ccc(C(C)(C)C)cc3)CO4)CC2)cc2c1OCN(c1ccc(C(C)(C)C)cc1)C2. The molecular weight excluding hydrogens is 576 g/mol. The van der Waals surface area contributed by atoms with Crippen LogP contribution in [0.3, 0.4) is 0 Å². The first-order chi connectivity index (χ1) is 22.4. The number of rotatable bonds is 4. The Labute approximate surface area is 282 Å². The molecule has 1 aliphatic carbocycles. The molecule has 4 aromatic carbocycles. The van der Waals surface area contributed by atoms with Gasteiger partial charge in [-0.3, -0.25) is 0 Å². The van der Waals surface area contributed by atoms with Crippen molar-refractivity contribution in [1.82, 2.24) is 0 Å². The molecule has 0 amide bonds. The van der Waals surface area contributed by atoms with Gasteiger partial charge in [-0.05, 0) is 113 Å². The molecule has 0 radical (unpaired) electrons. The van der Waals surface area contributed by atoms with E-state index in [1.54, 1.807) is 0 Å². The van der Waals surface area contributed by atoms with Crippen LogP contribution >= 0.6 is 0 Å². The van der Waals surface area contributed by atoms with Crippen LogP contribution in [0.1, 0.15) is 118 Å². The van der Waals surface area contributed by atoms with Crippen molar-refractivity contribution in [3.8, 4) is 11.5 Å². The smallest absolute Gasteiger partial charge is 0.161 e. The first kappa shape index (κ1) is 31.7. The summed E-state index contributed by atoms with van der Waals surface area (Å²) in [4.78, 5) is 4.70. The molecule has 2 aliphatic heterocycles. The Balaban J connectivity index is 1.01. The fraction of sp³-hybridized carbons (Fsp3) is 0.442. The number of benzene rings is 4. The Morgan fingerprint density at radius 2 is 1.04 bits per heavy atom. The highest BCUT2D eigenvalue weighted by Crippen LogP contribution is 2.44. The van der Waals surface area contributed by atoms with Gasteiger partial charge in [0.05, 0.1) is 0 Å². The van der Waals surface area contributed by atoms with Crippen LogP contribution in [-0.2, 0) is 23.9 Å². The number of anilines is 2. The highest BCUT2D eigenvalue weighted by Gasteiger charge is 2.28. The molecule has 2 heterocycles. The molecule has 0 bridgehead atoms. The summed E-state index contributed by atoms with van der Waals surface area (Å²) in [5.74, 6) is 3.33. The Kier molecular flexibility index (Phi) is 8.27. The van der Waals surface area contributed by atoms with Crippen molar-refractivity contribution in [3.63, 3.8) is 0 Å². The van der Waals surface area contributed by atoms with Gasteiger partial charge in [0.1, 0.15) is 11.5 Å². The maximum absolute atomic E-state index is 6.35. The van der Waals surface area contributed by atoms with Crippen LogP contribution in [0.15, 0.2) is 78.9 Å². The normalized spacial score (nSPS) is 19.8. The van der Waals surface area contributed by atoms with Crippen molar-refractivity contribution in [2.45, 2.75) is 110 Å². The fourth-order valence-corrected chi connectivity index (χ4v) is 7.78. The lowest BCUT2D eigenvalue weighted by Crippen LogP contribution is -2.32. The van der Waals surface area contributed by atoms with E-state index in [9.17, 15) is 0 Å². The Morgan fingerprint density at radius 3 is 1.60 bits per heavy atom. The molecule has 0 aromatic heterocycles. The maximum atomic E-state index is 6.35. The van der Waals surface area contributed by atoms with Crippen molar-refractivity contribution in [2.24, 2.45) is 0 Å². The summed E-state index contributed by atoms with van der Waals surface area (Å²) in [5, 5.41) is 0. The van der Waals surface area contributed by atoms with Crippen LogP contribution < -0.4 is 19.3 Å². The standard InChI is InChI=1S/C43H52N2O2/c1-29-22-33(24-35-26-45(28-47-41(29)35)39-19-15-37(16-20-39)43(5,6)7)31-10-8-30(9-11-31)32-12-21-40-34(23-32)25-44(27-46-40)38-17-13-36(14-18-38)42(2,3)4/h12-24,30-31H,8-11,25-28H2,1-7H3. The van der Waals surface area contributed by atoms with E-state index in [-0.39, 0.29) is 10.8 Å². The molecule has 1 saturated carbocycles. The highest BCUT2D eigenvalue weighted by atomic mass is 16.5. The van der Waals surface area contributed by atoms with E-state index in [1.807, 2.05) is 0 Å². The van der Waals surface area contributed by atoms with Crippen LogP contribution in [0.5, 0.6) is 11.5 Å². The Hall–Kier alpha value is -3.92. The number of hydrogen-bond acceptors (Lipinski definition) is 4. The summed E-state index contributed by atoms with van der Waals surface area (Å²) in [6, 6.07) is 29.9. The molecule has 4 heteroatoms. The van der Waals surface area contributed by atoms with E-state index in [1.165, 1.54) is 76.0 Å². The third-order valence-electron chi connectivity index (χ3n) is 10.8. The summed E-state index contributed by atoms with van der Waals surface area (Å²) < 4.78 is 12.6. The van der Waals surface area contributed by atoms with Crippen LogP contribution in [0.25, 0.3) is 0 Å². The number of nitrogens with zero attached hydrogens (tertiary/aromatic N) is 2. The minimum absolute atomic E-state index is 0.156. The minimum atomic E-state index is 0.156. The van der Waals surface area contributed by atoms with Crippen molar-refractivity contribution in [2.75, 3.05) is 23.3 Å². The molecule has 0 atom stereocenters. The van der Waals surface area contributed by atoms with Gasteiger partial charge in [-0.15, -0.1) is 0 Å². The van der Waals surface area contributed by atoms with Crippen molar-refractivity contribution < 1.29 is 9.47 Å². The quantitative estimate of drug-likeness (QED) is 0.224. The van der Waals surface area contributed by atoms with Crippen LogP contribution in [0.2, 0.25) is 0 Å². The molecule has 0 saturated heterocycles. The van der Waals surface area contributed by atoms with Gasteiger partial charge in [0.15, 0.2) is 13.5 Å². The van der Waals surface area contributed by atoms with E-state index >= 15 is 0 Å². The molecular formula is C43H52N2O2. The zero-order valence-corrected chi connectivity index (χ0v) is 29.5. The van der Waals surface area contributed by atoms with Gasteiger partial charge in [-0.25, -0.2) is 0 Å². The molecule has 7 rings (SSSR count). The summed E-state index contributed by atoms with van der Waals surface area (Å²) in [5.41, 5.74) is 12.3. The monoisotopic (exact) mass is 628 g/mol. The molecule has 0 unspecified atom stereocenters. The molecule has 0 spiro atoms. The third-order valence-corrected chi connectivity index (χ3v) is 10.8. The van der Waals surface area contributed by atoms with Crippen molar-refractivity contribution in [1.29, 1.82) is 0 Å². The predicted molar refractivity (Wildman–Crippen MR) is 195 cm³/mol. The first-order valence-corrected chi connectivity index (χ1v) is 17.7. The molecule has 0 N–H and O–H groups in total. The maximum Gasteiger partial charge on any atom is 0.161 e. The van der Waals surface area contributed by atoms with E-state index in [0.29, 0.717) is 25.3 Å². The van der Waals surface area contributed by atoms with E-state index in [0.717, 1.165) is 24.6 Å². The van der Waals surface area contributed by atoms with Crippen LogP contribution in [0.4, 0.5) is 11.4 Å². The Morgan fingerprint density at radius 1 is 0.553 bits per heavy atom. The van der Waals surface area contributed by atoms with E-state index in [2.05, 4.69) is 137 Å². The molecule has 4 nitrogen and oxygen atoms in total. The van der Waals surface area contributed by atoms with Gasteiger partial charge in [-0.1, -0.05) is 90.1 Å². The number of aryl methyl sites for hydroxylation is 1. The van der Waals surface area contributed by atoms with Gasteiger partial charge < -0.3 is 19.3 Å². The summed E-state index contributed by atoms with van der Waals surface area (Å²) in [6.45, 7) is 18.8. The van der Waals surface area contributed by atoms with Crippen molar-refractivity contribution >= 4 is 11.4 Å². The number of hydrogen-bond donors (Lipinski definition) is 0. The van der Waals surface area contributed by atoms with Gasteiger partial charge >= 0.3 is 0 Å². The number of fused-ring (bicyclic) bond motifs is 2. The zero-order valence-electron chi connectivity index (χ0n) is 29.5. The minimum Gasteiger partial charge on any atom is -0.473 e. The van der Waals surface area contributed by atoms with Crippen LogP contribution in [-0.4, -0.2) is 13.5 Å². The second-order valence-corrected chi connectivity index (χ2v) is 16.3. The highest BCUT2D eigenvalue weighted by molar-refractivity contribution is 5.55. The third kappa shape index (κ3) is 6.62.